The van der Waals surface area contributed by atoms with Crippen molar-refractivity contribution in [1.29, 1.82) is 0 Å². The van der Waals surface area contributed by atoms with Crippen LogP contribution < -0.4 is 10.0 Å². The van der Waals surface area contributed by atoms with Gasteiger partial charge in [-0.25, -0.2) is 18.4 Å². The van der Waals surface area contributed by atoms with Gasteiger partial charge in [0.25, 0.3) is 15.9 Å². The summed E-state index contributed by atoms with van der Waals surface area (Å²) in [7, 11) is -3.88. The highest BCUT2D eigenvalue weighted by atomic mass is 32.2. The number of hydrogen-bond acceptors (Lipinski definition) is 9. The molecule has 2 N–H and O–H groups in total. The Bertz CT molecular complexity index is 1890. The number of carbonyl (C=O) groups excluding carboxylic acids is 1. The summed E-state index contributed by atoms with van der Waals surface area (Å²) in [6.07, 6.45) is 3.09. The van der Waals surface area contributed by atoms with Gasteiger partial charge in [-0.2, -0.15) is 0 Å². The normalized spacial score (nSPS) is 11.5. The minimum absolute atomic E-state index is 0.0000478. The zero-order valence-corrected chi connectivity index (χ0v) is 21.1. The van der Waals surface area contributed by atoms with Gasteiger partial charge in [0.15, 0.2) is 17.3 Å². The summed E-state index contributed by atoms with van der Waals surface area (Å²) in [4.78, 5) is 22.4. The van der Waals surface area contributed by atoms with Gasteiger partial charge in [-0.15, -0.1) is 0 Å². The molecule has 4 aromatic heterocycles. The Hall–Kier alpha value is -5.23. The van der Waals surface area contributed by atoms with E-state index >= 15 is 0 Å². The molecule has 12 heteroatoms. The maximum Gasteiger partial charge on any atom is 0.263 e. The van der Waals surface area contributed by atoms with Gasteiger partial charge in [0.2, 0.25) is 0 Å². The van der Waals surface area contributed by atoms with Crippen LogP contribution in [0.3, 0.4) is 0 Å². The van der Waals surface area contributed by atoms with Crippen molar-refractivity contribution in [2.24, 2.45) is 0 Å². The maximum absolute atomic E-state index is 13.0. The van der Waals surface area contributed by atoms with Crippen molar-refractivity contribution in [1.82, 2.24) is 15.1 Å². The van der Waals surface area contributed by atoms with Crippen molar-refractivity contribution in [2.45, 2.75) is 11.8 Å². The molecule has 0 aliphatic rings. The molecule has 11 nitrogen and oxygen atoms in total. The second-order valence-corrected chi connectivity index (χ2v) is 10.2. The van der Waals surface area contributed by atoms with Crippen molar-refractivity contribution >= 4 is 38.5 Å². The third-order valence-corrected chi connectivity index (χ3v) is 7.10. The summed E-state index contributed by atoms with van der Waals surface area (Å²) in [5, 5.41) is 6.40. The number of anilines is 2. The van der Waals surface area contributed by atoms with E-state index < -0.39 is 15.9 Å². The third kappa shape index (κ3) is 4.88. The SMILES string of the molecule is Cc1cc(NS(=O)(=O)c2ccc(NC(=O)c3ccc4nc(-c5ccco5)c(-c5ccco5)nc4c3)cc2)no1. The first kappa shape index (κ1) is 24.1. The Labute approximate surface area is 221 Å². The Morgan fingerprint density at radius 2 is 1.49 bits per heavy atom. The molecular formula is C27H19N5O6S. The number of nitrogens with one attached hydrogen (secondary N) is 2. The van der Waals surface area contributed by atoms with Crippen molar-refractivity contribution < 1.29 is 26.6 Å². The monoisotopic (exact) mass is 541 g/mol. The van der Waals surface area contributed by atoms with Crippen LogP contribution in [0, 0.1) is 6.92 Å². The third-order valence-electron chi connectivity index (χ3n) is 5.72. The number of carbonyl (C=O) groups is 1. The topological polar surface area (TPSA) is 153 Å². The number of aryl methyl sites for hydroxylation is 1. The van der Waals surface area contributed by atoms with Crippen LogP contribution in [-0.4, -0.2) is 29.4 Å². The lowest BCUT2D eigenvalue weighted by Gasteiger charge is -2.09. The smallest absolute Gasteiger partial charge is 0.263 e. The number of hydrogen-bond donors (Lipinski definition) is 2. The molecular weight excluding hydrogens is 522 g/mol. The van der Waals surface area contributed by atoms with E-state index in [2.05, 4.69) is 15.2 Å². The lowest BCUT2D eigenvalue weighted by atomic mass is 10.1. The first-order valence-corrected chi connectivity index (χ1v) is 13.1. The van der Waals surface area contributed by atoms with Gasteiger partial charge in [-0.3, -0.25) is 9.52 Å². The molecule has 2 aromatic carbocycles. The van der Waals surface area contributed by atoms with Crippen LogP contribution in [0.15, 0.2) is 104 Å². The number of aromatic nitrogens is 3. The minimum atomic E-state index is -3.88. The molecule has 4 heterocycles. The van der Waals surface area contributed by atoms with E-state index in [1.54, 1.807) is 61.9 Å². The number of amides is 1. The number of rotatable bonds is 7. The fourth-order valence-electron chi connectivity index (χ4n) is 3.90. The number of furan rings is 2. The Kier molecular flexibility index (Phi) is 5.92. The lowest BCUT2D eigenvalue weighted by molar-refractivity contribution is 0.102. The highest BCUT2D eigenvalue weighted by molar-refractivity contribution is 7.92. The van der Waals surface area contributed by atoms with Crippen LogP contribution in [0.2, 0.25) is 0 Å². The molecule has 0 radical (unpaired) electrons. The number of fused-ring (bicyclic) bond motifs is 1. The van der Waals surface area contributed by atoms with E-state index in [1.807, 2.05) is 0 Å². The molecule has 0 unspecified atom stereocenters. The molecule has 6 rings (SSSR count). The summed E-state index contributed by atoms with van der Waals surface area (Å²) in [5.74, 6) is 1.19. The molecule has 0 aliphatic heterocycles. The standard InChI is InChI=1S/C27H19N5O6S/c1-16-14-24(31-38-16)32-39(34,35)19-9-7-18(8-10-19)28-27(33)17-6-11-20-21(15-17)30-26(23-5-3-13-37-23)25(29-20)22-4-2-12-36-22/h2-15H,1H3,(H,28,33)(H,31,32). The second kappa shape index (κ2) is 9.58. The highest BCUT2D eigenvalue weighted by Crippen LogP contribution is 2.32. The molecule has 0 fully saturated rings. The largest absolute Gasteiger partial charge is 0.463 e. The number of benzene rings is 2. The molecule has 0 atom stereocenters. The summed E-state index contributed by atoms with van der Waals surface area (Å²) < 4.78 is 43.5. The van der Waals surface area contributed by atoms with Crippen LogP contribution in [0.5, 0.6) is 0 Å². The van der Waals surface area contributed by atoms with E-state index in [-0.39, 0.29) is 10.7 Å². The Balaban J connectivity index is 1.25. The van der Waals surface area contributed by atoms with Gasteiger partial charge in [-0.05, 0) is 73.7 Å². The molecule has 0 spiro atoms. The van der Waals surface area contributed by atoms with Gasteiger partial charge in [0, 0.05) is 17.3 Å². The molecule has 1 amide bonds. The first-order chi connectivity index (χ1) is 18.9. The molecule has 39 heavy (non-hydrogen) atoms. The molecule has 0 saturated carbocycles. The molecule has 0 saturated heterocycles. The molecule has 6 aromatic rings. The van der Waals surface area contributed by atoms with Gasteiger partial charge < -0.3 is 18.7 Å². The van der Waals surface area contributed by atoms with Crippen LogP contribution in [0.4, 0.5) is 11.5 Å². The van der Waals surface area contributed by atoms with E-state index in [0.717, 1.165) is 0 Å². The quantitative estimate of drug-likeness (QED) is 0.267. The highest BCUT2D eigenvalue weighted by Gasteiger charge is 2.19. The molecule has 194 valence electrons. The zero-order chi connectivity index (χ0) is 27.0. The van der Waals surface area contributed by atoms with Crippen LogP contribution in [0.1, 0.15) is 16.1 Å². The first-order valence-electron chi connectivity index (χ1n) is 11.6. The van der Waals surface area contributed by atoms with Gasteiger partial charge in [-0.1, -0.05) is 5.16 Å². The summed E-state index contributed by atoms with van der Waals surface area (Å²) >= 11 is 0. The average Bonchev–Trinajstić information content (AvgIpc) is 3.71. The van der Waals surface area contributed by atoms with Crippen molar-refractivity contribution in [3.8, 4) is 22.9 Å². The fourth-order valence-corrected chi connectivity index (χ4v) is 4.88. The summed E-state index contributed by atoms with van der Waals surface area (Å²) in [6.45, 7) is 1.65. The Morgan fingerprint density at radius 1 is 0.821 bits per heavy atom. The zero-order valence-electron chi connectivity index (χ0n) is 20.3. The summed E-state index contributed by atoms with van der Waals surface area (Å²) in [5.41, 5.74) is 2.80. The van der Waals surface area contributed by atoms with E-state index in [4.69, 9.17) is 23.3 Å². The maximum atomic E-state index is 13.0. The second-order valence-electron chi connectivity index (χ2n) is 8.49. The number of nitrogens with zero attached hydrogens (tertiary/aromatic N) is 3. The van der Waals surface area contributed by atoms with Gasteiger partial charge >= 0.3 is 0 Å². The Morgan fingerprint density at radius 3 is 2.08 bits per heavy atom. The van der Waals surface area contributed by atoms with Crippen molar-refractivity contribution in [2.75, 3.05) is 10.0 Å². The van der Waals surface area contributed by atoms with Crippen LogP contribution in [-0.2, 0) is 10.0 Å². The van der Waals surface area contributed by atoms with Gasteiger partial charge in [0.05, 0.1) is 28.5 Å². The predicted molar refractivity (Wildman–Crippen MR) is 141 cm³/mol. The molecule has 0 aliphatic carbocycles. The van der Waals surface area contributed by atoms with E-state index in [1.165, 1.54) is 30.3 Å². The van der Waals surface area contributed by atoms with Crippen LogP contribution in [0.25, 0.3) is 33.9 Å². The average molecular weight is 542 g/mol. The van der Waals surface area contributed by atoms with Crippen LogP contribution >= 0.6 is 0 Å². The van der Waals surface area contributed by atoms with Crippen molar-refractivity contribution in [3.63, 3.8) is 0 Å². The summed E-state index contributed by atoms with van der Waals surface area (Å²) in [6, 6.07) is 19.2. The fraction of sp³-hybridized carbons (Fsp3) is 0.0370. The molecule has 0 bridgehead atoms. The van der Waals surface area contributed by atoms with Gasteiger partial charge in [0.1, 0.15) is 17.1 Å². The van der Waals surface area contributed by atoms with E-state index in [0.29, 0.717) is 51.0 Å². The predicted octanol–water partition coefficient (Wildman–Crippen LogP) is 5.50. The number of sulfonamides is 1. The van der Waals surface area contributed by atoms with Crippen molar-refractivity contribution in [3.05, 3.63) is 96.6 Å². The minimum Gasteiger partial charge on any atom is -0.463 e. The van der Waals surface area contributed by atoms with E-state index in [9.17, 15) is 13.2 Å². The lowest BCUT2D eigenvalue weighted by Crippen LogP contribution is -2.14.